The van der Waals surface area contributed by atoms with Crippen LogP contribution in [0.25, 0.3) is 10.2 Å². The molecule has 7 heteroatoms. The Labute approximate surface area is 211 Å². The lowest BCUT2D eigenvalue weighted by Crippen LogP contribution is -2.65. The first kappa shape index (κ1) is 23.9. The third kappa shape index (κ3) is 4.46. The van der Waals surface area contributed by atoms with Crippen LogP contribution in [0.3, 0.4) is 0 Å². The van der Waals surface area contributed by atoms with Crippen molar-refractivity contribution in [2.75, 3.05) is 0 Å². The summed E-state index contributed by atoms with van der Waals surface area (Å²) in [5.41, 5.74) is 1.66. The van der Waals surface area contributed by atoms with Crippen molar-refractivity contribution in [2.24, 2.45) is 5.92 Å². The zero-order valence-corrected chi connectivity index (χ0v) is 21.9. The molecule has 5 rings (SSSR count). The summed E-state index contributed by atoms with van der Waals surface area (Å²) >= 11 is 1.63. The fourth-order valence-corrected chi connectivity index (χ4v) is 6.33. The van der Waals surface area contributed by atoms with Crippen LogP contribution in [0.2, 0.25) is 0 Å². The molecular formula is C28H35N3O3S. The summed E-state index contributed by atoms with van der Waals surface area (Å²) in [6, 6.07) is 12.0. The molecule has 1 fully saturated rings. The van der Waals surface area contributed by atoms with E-state index in [2.05, 4.69) is 12.2 Å². The molecule has 1 aliphatic heterocycles. The largest absolute Gasteiger partial charge is 0.491 e. The van der Waals surface area contributed by atoms with Gasteiger partial charge in [0.15, 0.2) is 0 Å². The van der Waals surface area contributed by atoms with Crippen LogP contribution in [0, 0.1) is 5.92 Å². The van der Waals surface area contributed by atoms with Gasteiger partial charge in [-0.05, 0) is 74.7 Å². The average molecular weight is 494 g/mol. The maximum atomic E-state index is 13.9. The number of nitrogens with zero attached hydrogens (tertiary/aromatic N) is 2. The van der Waals surface area contributed by atoms with Gasteiger partial charge in [0.2, 0.25) is 5.91 Å². The number of nitrogens with one attached hydrogen (secondary N) is 1. The molecule has 1 saturated carbocycles. The molecule has 0 saturated heterocycles. The fraction of sp³-hybridized carbons (Fsp3) is 0.500. The molecule has 3 atom stereocenters. The number of benzene rings is 1. The van der Waals surface area contributed by atoms with Gasteiger partial charge in [0, 0.05) is 12.6 Å². The number of aromatic nitrogens is 1. The van der Waals surface area contributed by atoms with E-state index in [1.54, 1.807) is 16.2 Å². The molecule has 0 bridgehead atoms. The molecule has 186 valence electrons. The highest BCUT2D eigenvalue weighted by Crippen LogP contribution is 2.36. The Morgan fingerprint density at radius 3 is 2.66 bits per heavy atom. The Balaban J connectivity index is 1.48. The van der Waals surface area contributed by atoms with Crippen molar-refractivity contribution in [3.05, 3.63) is 53.0 Å². The van der Waals surface area contributed by atoms with Crippen LogP contribution < -0.4 is 10.1 Å². The van der Waals surface area contributed by atoms with Crippen LogP contribution in [0.15, 0.2) is 41.8 Å². The van der Waals surface area contributed by atoms with Crippen LogP contribution >= 0.6 is 11.3 Å². The molecule has 3 heterocycles. The predicted molar refractivity (Wildman–Crippen MR) is 140 cm³/mol. The highest BCUT2D eigenvalue weighted by molar-refractivity contribution is 7.17. The Hall–Kier alpha value is -2.80. The monoisotopic (exact) mass is 493 g/mol. The zero-order valence-electron chi connectivity index (χ0n) is 21.0. The van der Waals surface area contributed by atoms with Gasteiger partial charge in [0.1, 0.15) is 17.0 Å². The fourth-order valence-electron chi connectivity index (χ4n) is 5.50. The minimum Gasteiger partial charge on any atom is -0.491 e. The molecule has 2 aromatic heterocycles. The first-order valence-electron chi connectivity index (χ1n) is 12.7. The first-order chi connectivity index (χ1) is 16.8. The number of carbonyl (C=O) groups excluding carboxylic acids is 2. The number of hydrogen-bond acceptors (Lipinski definition) is 4. The molecule has 0 radical (unpaired) electrons. The number of hydrogen-bond donors (Lipinski definition) is 1. The van der Waals surface area contributed by atoms with E-state index in [0.717, 1.165) is 40.8 Å². The first-order valence-corrected chi connectivity index (χ1v) is 13.6. The molecular weight excluding hydrogens is 458 g/mol. The van der Waals surface area contributed by atoms with Crippen LogP contribution in [0.4, 0.5) is 0 Å². The van der Waals surface area contributed by atoms with E-state index in [4.69, 9.17) is 4.74 Å². The SMILES string of the molecule is CC(C)Oc1ccc(CN2C(=O)c3cc4sccc4n3C[C@]2(C)C(=O)N[C@H]2CCCC[C@H]2C)cc1. The van der Waals surface area contributed by atoms with Crippen LogP contribution in [0.1, 0.15) is 69.4 Å². The number of rotatable bonds is 6. The number of thiophene rings is 1. The molecule has 35 heavy (non-hydrogen) atoms. The highest BCUT2D eigenvalue weighted by atomic mass is 32.1. The van der Waals surface area contributed by atoms with Gasteiger partial charge >= 0.3 is 0 Å². The van der Waals surface area contributed by atoms with E-state index in [-0.39, 0.29) is 24.0 Å². The molecule has 1 aromatic carbocycles. The number of fused-ring (bicyclic) bond motifs is 3. The molecule has 1 aliphatic carbocycles. The van der Waals surface area contributed by atoms with E-state index in [1.165, 1.54) is 6.42 Å². The number of amides is 2. The smallest absolute Gasteiger partial charge is 0.271 e. The van der Waals surface area contributed by atoms with Crippen molar-refractivity contribution >= 4 is 33.4 Å². The van der Waals surface area contributed by atoms with Gasteiger partial charge in [0.25, 0.3) is 5.91 Å². The summed E-state index contributed by atoms with van der Waals surface area (Å²) in [6.45, 7) is 8.94. The van der Waals surface area contributed by atoms with Crippen molar-refractivity contribution in [2.45, 2.75) is 84.2 Å². The Bertz CT molecular complexity index is 1230. The third-order valence-electron chi connectivity index (χ3n) is 7.60. The summed E-state index contributed by atoms with van der Waals surface area (Å²) < 4.78 is 8.89. The standard InChI is InChI=1S/C28H35N3O3S/c1-18(2)34-21-11-9-20(10-12-21)16-31-26(32)24-15-25-23(13-14-35-25)30(24)17-28(31,4)27(33)29-22-8-6-5-7-19(22)3/h9-15,18-19,22H,5-8,16-17H2,1-4H3,(H,29,33)/t19-,22+,28-/m1/s1. The van der Waals surface area contributed by atoms with Crippen molar-refractivity contribution < 1.29 is 14.3 Å². The van der Waals surface area contributed by atoms with Gasteiger partial charge in [0.05, 0.1) is 22.9 Å². The van der Waals surface area contributed by atoms with E-state index in [9.17, 15) is 9.59 Å². The average Bonchev–Trinajstić information content (AvgIpc) is 3.41. The van der Waals surface area contributed by atoms with Gasteiger partial charge < -0.3 is 19.5 Å². The van der Waals surface area contributed by atoms with Gasteiger partial charge in [-0.15, -0.1) is 11.3 Å². The predicted octanol–water partition coefficient (Wildman–Crippen LogP) is 5.60. The van der Waals surface area contributed by atoms with Crippen molar-refractivity contribution in [1.82, 2.24) is 14.8 Å². The Morgan fingerprint density at radius 1 is 1.20 bits per heavy atom. The van der Waals surface area contributed by atoms with Crippen LogP contribution in [0.5, 0.6) is 5.75 Å². The molecule has 0 unspecified atom stereocenters. The second-order valence-electron chi connectivity index (χ2n) is 10.6. The van der Waals surface area contributed by atoms with E-state index in [0.29, 0.717) is 24.7 Å². The Kier molecular flexibility index (Phi) is 6.38. The van der Waals surface area contributed by atoms with Crippen LogP contribution in [-0.2, 0) is 17.9 Å². The quantitative estimate of drug-likeness (QED) is 0.486. The molecule has 6 nitrogen and oxygen atoms in total. The third-order valence-corrected chi connectivity index (χ3v) is 8.45. The topological polar surface area (TPSA) is 63.6 Å². The lowest BCUT2D eigenvalue weighted by molar-refractivity contribution is -0.134. The van der Waals surface area contributed by atoms with Gasteiger partial charge in [-0.25, -0.2) is 0 Å². The lowest BCUT2D eigenvalue weighted by Gasteiger charge is -2.45. The normalized spacial score (nSPS) is 24.6. The van der Waals surface area contributed by atoms with Crippen molar-refractivity contribution in [3.8, 4) is 5.75 Å². The summed E-state index contributed by atoms with van der Waals surface area (Å²) in [7, 11) is 0. The highest BCUT2D eigenvalue weighted by Gasteiger charge is 2.48. The summed E-state index contributed by atoms with van der Waals surface area (Å²) in [4.78, 5) is 29.6. The van der Waals surface area contributed by atoms with Gasteiger partial charge in [-0.1, -0.05) is 31.9 Å². The zero-order chi connectivity index (χ0) is 24.7. The van der Waals surface area contributed by atoms with E-state index in [1.807, 2.05) is 67.1 Å². The minimum absolute atomic E-state index is 0.0629. The molecule has 2 amide bonds. The molecule has 3 aromatic rings. The summed E-state index contributed by atoms with van der Waals surface area (Å²) in [5.74, 6) is 1.08. The summed E-state index contributed by atoms with van der Waals surface area (Å²) in [6.07, 6.45) is 4.58. The Morgan fingerprint density at radius 2 is 1.94 bits per heavy atom. The minimum atomic E-state index is -0.998. The van der Waals surface area contributed by atoms with E-state index >= 15 is 0 Å². The maximum Gasteiger partial charge on any atom is 0.271 e. The van der Waals surface area contributed by atoms with Crippen LogP contribution in [-0.4, -0.2) is 39.0 Å². The van der Waals surface area contributed by atoms with E-state index < -0.39 is 5.54 Å². The lowest BCUT2D eigenvalue weighted by atomic mass is 9.85. The number of ether oxygens (including phenoxy) is 1. The van der Waals surface area contributed by atoms with Crippen molar-refractivity contribution in [1.29, 1.82) is 0 Å². The second kappa shape index (κ2) is 9.34. The van der Waals surface area contributed by atoms with Crippen molar-refractivity contribution in [3.63, 3.8) is 0 Å². The second-order valence-corrected chi connectivity index (χ2v) is 11.6. The number of carbonyl (C=O) groups is 2. The van der Waals surface area contributed by atoms with Gasteiger partial charge in [-0.2, -0.15) is 0 Å². The molecule has 0 spiro atoms. The summed E-state index contributed by atoms with van der Waals surface area (Å²) in [5, 5.41) is 5.39. The maximum absolute atomic E-state index is 13.9. The van der Waals surface area contributed by atoms with Gasteiger partial charge in [-0.3, -0.25) is 9.59 Å². The molecule has 2 aliphatic rings. The molecule has 1 N–H and O–H groups in total.